The quantitative estimate of drug-likeness (QED) is 0.757. The van der Waals surface area contributed by atoms with Crippen LogP contribution in [-0.2, 0) is 4.79 Å². The average Bonchev–Trinajstić information content (AvgIpc) is 2.34. The SMILES string of the molecule is CSCCCCC(=O)N(C)C1CCNCC1.Cl. The summed E-state index contributed by atoms with van der Waals surface area (Å²) in [5.74, 6) is 1.50. The smallest absolute Gasteiger partial charge is 0.222 e. The molecule has 1 fully saturated rings. The lowest BCUT2D eigenvalue weighted by Crippen LogP contribution is -2.43. The third-order valence-corrected chi connectivity index (χ3v) is 3.94. The number of unbranched alkanes of at least 4 members (excludes halogenated alkanes) is 1. The predicted octanol–water partition coefficient (Wildman–Crippen LogP) is 2.15. The Hall–Kier alpha value is 0.0700. The Morgan fingerprint density at radius 3 is 2.59 bits per heavy atom. The first-order valence-corrected chi connectivity index (χ1v) is 7.60. The first-order valence-electron chi connectivity index (χ1n) is 6.21. The van der Waals surface area contributed by atoms with E-state index in [4.69, 9.17) is 0 Å². The molecule has 1 saturated heterocycles. The summed E-state index contributed by atoms with van der Waals surface area (Å²) in [4.78, 5) is 13.9. The van der Waals surface area contributed by atoms with Crippen LogP contribution in [0.25, 0.3) is 0 Å². The molecule has 1 heterocycles. The van der Waals surface area contributed by atoms with E-state index in [0.29, 0.717) is 11.9 Å². The minimum absolute atomic E-state index is 0. The van der Waals surface area contributed by atoms with Gasteiger partial charge in [0.1, 0.15) is 0 Å². The molecule has 0 atom stereocenters. The van der Waals surface area contributed by atoms with E-state index < -0.39 is 0 Å². The first kappa shape index (κ1) is 17.1. The van der Waals surface area contributed by atoms with Crippen molar-refractivity contribution < 1.29 is 4.79 Å². The molecule has 5 heteroatoms. The number of thioether (sulfide) groups is 1. The Morgan fingerprint density at radius 2 is 2.00 bits per heavy atom. The molecule has 0 aromatic rings. The normalized spacial score (nSPS) is 16.4. The molecule has 1 aliphatic heterocycles. The van der Waals surface area contributed by atoms with E-state index in [2.05, 4.69) is 11.6 Å². The van der Waals surface area contributed by atoms with E-state index >= 15 is 0 Å². The number of halogens is 1. The second kappa shape index (κ2) is 10.0. The summed E-state index contributed by atoms with van der Waals surface area (Å²) in [6.45, 7) is 2.10. The van der Waals surface area contributed by atoms with E-state index in [9.17, 15) is 4.79 Å². The fraction of sp³-hybridized carbons (Fsp3) is 0.917. The molecule has 0 spiro atoms. The standard InChI is InChI=1S/C12H24N2OS.ClH/c1-14(11-6-8-13-9-7-11)12(15)5-3-4-10-16-2;/h11,13H,3-10H2,1-2H3;1H. The van der Waals surface area contributed by atoms with Gasteiger partial charge < -0.3 is 10.2 Å². The first-order chi connectivity index (χ1) is 7.75. The van der Waals surface area contributed by atoms with Gasteiger partial charge in [0.2, 0.25) is 5.91 Å². The van der Waals surface area contributed by atoms with Gasteiger partial charge in [-0.25, -0.2) is 0 Å². The Labute approximate surface area is 115 Å². The average molecular weight is 281 g/mol. The van der Waals surface area contributed by atoms with Crippen LogP contribution in [0.5, 0.6) is 0 Å². The predicted molar refractivity (Wildman–Crippen MR) is 78.1 cm³/mol. The van der Waals surface area contributed by atoms with Crippen molar-refractivity contribution in [2.75, 3.05) is 32.1 Å². The van der Waals surface area contributed by atoms with Gasteiger partial charge in [0, 0.05) is 19.5 Å². The molecule has 1 aliphatic rings. The Morgan fingerprint density at radius 1 is 1.35 bits per heavy atom. The summed E-state index contributed by atoms with van der Waals surface area (Å²) < 4.78 is 0. The highest BCUT2D eigenvalue weighted by atomic mass is 35.5. The van der Waals surface area contributed by atoms with Crippen molar-refractivity contribution in [1.82, 2.24) is 10.2 Å². The second-order valence-electron chi connectivity index (χ2n) is 4.44. The number of carbonyl (C=O) groups excluding carboxylic acids is 1. The van der Waals surface area contributed by atoms with Crippen LogP contribution in [0.4, 0.5) is 0 Å². The van der Waals surface area contributed by atoms with Crippen molar-refractivity contribution in [1.29, 1.82) is 0 Å². The maximum absolute atomic E-state index is 11.9. The summed E-state index contributed by atoms with van der Waals surface area (Å²) in [5.41, 5.74) is 0. The number of carbonyl (C=O) groups is 1. The molecule has 0 aromatic heterocycles. The van der Waals surface area contributed by atoms with Crippen molar-refractivity contribution in [3.8, 4) is 0 Å². The number of piperidine rings is 1. The van der Waals surface area contributed by atoms with Crippen molar-refractivity contribution in [3.63, 3.8) is 0 Å². The lowest BCUT2D eigenvalue weighted by atomic mass is 10.0. The van der Waals surface area contributed by atoms with E-state index in [1.54, 1.807) is 0 Å². The monoisotopic (exact) mass is 280 g/mol. The van der Waals surface area contributed by atoms with Crippen LogP contribution in [-0.4, -0.2) is 49.0 Å². The van der Waals surface area contributed by atoms with E-state index in [-0.39, 0.29) is 12.4 Å². The number of nitrogens with one attached hydrogen (secondary N) is 1. The summed E-state index contributed by atoms with van der Waals surface area (Å²) in [6.07, 6.45) is 7.24. The molecule has 0 aromatic carbocycles. The third kappa shape index (κ3) is 6.53. The third-order valence-electron chi connectivity index (χ3n) is 3.24. The van der Waals surface area contributed by atoms with Crippen LogP contribution < -0.4 is 5.32 Å². The van der Waals surface area contributed by atoms with Crippen LogP contribution in [0.2, 0.25) is 0 Å². The van der Waals surface area contributed by atoms with E-state index in [1.807, 2.05) is 23.7 Å². The highest BCUT2D eigenvalue weighted by molar-refractivity contribution is 7.98. The second-order valence-corrected chi connectivity index (χ2v) is 5.42. The molecule has 1 rings (SSSR count). The van der Waals surface area contributed by atoms with Gasteiger partial charge in [-0.05, 0) is 50.8 Å². The van der Waals surface area contributed by atoms with Gasteiger partial charge in [-0.3, -0.25) is 4.79 Å². The molecule has 1 N–H and O–H groups in total. The molecule has 1 amide bonds. The summed E-state index contributed by atoms with van der Waals surface area (Å²) in [6, 6.07) is 0.467. The zero-order valence-electron chi connectivity index (χ0n) is 10.9. The highest BCUT2D eigenvalue weighted by Crippen LogP contribution is 2.12. The van der Waals surface area contributed by atoms with Crippen molar-refractivity contribution in [3.05, 3.63) is 0 Å². The minimum atomic E-state index is 0. The maximum Gasteiger partial charge on any atom is 0.222 e. The molecule has 0 bridgehead atoms. The van der Waals surface area contributed by atoms with Crippen molar-refractivity contribution >= 4 is 30.1 Å². The van der Waals surface area contributed by atoms with Gasteiger partial charge in [0.05, 0.1) is 0 Å². The Balaban J connectivity index is 0.00000256. The zero-order valence-corrected chi connectivity index (χ0v) is 12.5. The zero-order chi connectivity index (χ0) is 11.8. The largest absolute Gasteiger partial charge is 0.343 e. The molecule has 0 aliphatic carbocycles. The van der Waals surface area contributed by atoms with Gasteiger partial charge >= 0.3 is 0 Å². The van der Waals surface area contributed by atoms with Gasteiger partial charge in [-0.2, -0.15) is 11.8 Å². The molecule has 0 saturated carbocycles. The molecule has 0 unspecified atom stereocenters. The maximum atomic E-state index is 11.9. The van der Waals surface area contributed by atoms with Gasteiger partial charge in [-0.1, -0.05) is 0 Å². The van der Waals surface area contributed by atoms with Gasteiger partial charge in [-0.15, -0.1) is 12.4 Å². The number of rotatable bonds is 6. The molecule has 3 nitrogen and oxygen atoms in total. The topological polar surface area (TPSA) is 32.3 Å². The molecule has 102 valence electrons. The van der Waals surface area contributed by atoms with Crippen LogP contribution >= 0.6 is 24.2 Å². The van der Waals surface area contributed by atoms with Crippen LogP contribution in [0.15, 0.2) is 0 Å². The van der Waals surface area contributed by atoms with Crippen molar-refractivity contribution in [2.24, 2.45) is 0 Å². The van der Waals surface area contributed by atoms with Crippen LogP contribution in [0.3, 0.4) is 0 Å². The lowest BCUT2D eigenvalue weighted by molar-refractivity contribution is -0.132. The highest BCUT2D eigenvalue weighted by Gasteiger charge is 2.21. The molecular formula is C12H25ClN2OS. The van der Waals surface area contributed by atoms with E-state index in [1.165, 1.54) is 5.75 Å². The number of hydrogen-bond acceptors (Lipinski definition) is 3. The number of nitrogens with zero attached hydrogens (tertiary/aromatic N) is 1. The molecule has 17 heavy (non-hydrogen) atoms. The molecule has 0 radical (unpaired) electrons. The van der Waals surface area contributed by atoms with Crippen LogP contribution in [0, 0.1) is 0 Å². The summed E-state index contributed by atoms with van der Waals surface area (Å²) in [7, 11) is 1.97. The van der Waals surface area contributed by atoms with E-state index in [0.717, 1.165) is 45.2 Å². The number of hydrogen-bond donors (Lipinski definition) is 1. The lowest BCUT2D eigenvalue weighted by Gasteiger charge is -2.31. The van der Waals surface area contributed by atoms with Gasteiger partial charge in [0.25, 0.3) is 0 Å². The minimum Gasteiger partial charge on any atom is -0.343 e. The van der Waals surface area contributed by atoms with Gasteiger partial charge in [0.15, 0.2) is 0 Å². The fourth-order valence-electron chi connectivity index (χ4n) is 2.10. The Kier molecular flexibility index (Phi) is 10.1. The summed E-state index contributed by atoms with van der Waals surface area (Å²) in [5, 5.41) is 3.33. The van der Waals surface area contributed by atoms with Crippen molar-refractivity contribution in [2.45, 2.75) is 38.1 Å². The summed E-state index contributed by atoms with van der Waals surface area (Å²) >= 11 is 1.86. The van der Waals surface area contributed by atoms with Crippen LogP contribution in [0.1, 0.15) is 32.1 Å². The Bertz CT molecular complexity index is 211. The fourth-order valence-corrected chi connectivity index (χ4v) is 2.59. The molecular weight excluding hydrogens is 256 g/mol. The number of amides is 1.